The molecule has 0 aliphatic carbocycles. The molecule has 0 bridgehead atoms. The summed E-state index contributed by atoms with van der Waals surface area (Å²) in [6.07, 6.45) is 7.68. The number of nitrogens with one attached hydrogen (secondary N) is 1. The van der Waals surface area contributed by atoms with Crippen LogP contribution in [-0.2, 0) is 19.5 Å². The van der Waals surface area contributed by atoms with Crippen LogP contribution in [0.3, 0.4) is 0 Å². The number of fused-ring (bicyclic) bond motifs is 1. The molecule has 6 nitrogen and oxygen atoms in total. The minimum Gasteiger partial charge on any atom is -0.344 e. The third kappa shape index (κ3) is 2.33. The highest BCUT2D eigenvalue weighted by Crippen LogP contribution is 2.16. The molecule has 3 rings (SSSR count). The van der Waals surface area contributed by atoms with Crippen molar-refractivity contribution in [3.63, 3.8) is 0 Å². The Labute approximate surface area is 117 Å². The van der Waals surface area contributed by atoms with E-state index < -0.39 is 0 Å². The zero-order valence-electron chi connectivity index (χ0n) is 11.8. The fourth-order valence-corrected chi connectivity index (χ4v) is 2.49. The molecule has 3 heterocycles. The molecule has 0 saturated heterocycles. The highest BCUT2D eigenvalue weighted by molar-refractivity contribution is 5.92. The van der Waals surface area contributed by atoms with Crippen LogP contribution in [0, 0.1) is 0 Å². The fraction of sp³-hybridized carbons (Fsp3) is 0.500. The van der Waals surface area contributed by atoms with Crippen LogP contribution in [0.4, 0.5) is 0 Å². The van der Waals surface area contributed by atoms with Gasteiger partial charge in [-0.1, -0.05) is 0 Å². The summed E-state index contributed by atoms with van der Waals surface area (Å²) in [6, 6.07) is -0.0701. The molecule has 0 fully saturated rings. The maximum atomic E-state index is 12.2. The van der Waals surface area contributed by atoms with Crippen molar-refractivity contribution in [1.29, 1.82) is 0 Å². The van der Waals surface area contributed by atoms with Crippen molar-refractivity contribution in [2.45, 2.75) is 45.8 Å². The fourth-order valence-electron chi connectivity index (χ4n) is 2.49. The predicted molar refractivity (Wildman–Crippen MR) is 74.3 cm³/mol. The van der Waals surface area contributed by atoms with Gasteiger partial charge in [-0.25, -0.2) is 4.98 Å². The SMILES string of the molecule is CCn1cc(C(C)NC(=O)c2cn3c(n2)CCC3)cn1. The molecule has 1 atom stereocenters. The first-order valence-corrected chi connectivity index (χ1v) is 7.06. The van der Waals surface area contributed by atoms with Gasteiger partial charge in [0.1, 0.15) is 11.5 Å². The minimum atomic E-state index is -0.122. The number of aromatic nitrogens is 4. The number of carbonyl (C=O) groups is 1. The maximum absolute atomic E-state index is 12.2. The molecular weight excluding hydrogens is 254 g/mol. The lowest BCUT2D eigenvalue weighted by molar-refractivity contribution is 0.0935. The Morgan fingerprint density at radius 3 is 3.05 bits per heavy atom. The molecule has 6 heteroatoms. The summed E-state index contributed by atoms with van der Waals surface area (Å²) in [5.74, 6) is 0.894. The first-order chi connectivity index (χ1) is 9.67. The molecule has 2 aromatic rings. The van der Waals surface area contributed by atoms with Crippen molar-refractivity contribution in [2.24, 2.45) is 0 Å². The quantitative estimate of drug-likeness (QED) is 0.919. The number of hydrogen-bond acceptors (Lipinski definition) is 3. The van der Waals surface area contributed by atoms with Gasteiger partial charge in [-0.2, -0.15) is 5.10 Å². The first-order valence-electron chi connectivity index (χ1n) is 7.06. The van der Waals surface area contributed by atoms with Crippen LogP contribution < -0.4 is 5.32 Å². The summed E-state index contributed by atoms with van der Waals surface area (Å²) in [7, 11) is 0. The minimum absolute atomic E-state index is 0.0701. The van der Waals surface area contributed by atoms with Crippen molar-refractivity contribution in [3.8, 4) is 0 Å². The Hall–Kier alpha value is -2.11. The van der Waals surface area contributed by atoms with Crippen LogP contribution in [0.5, 0.6) is 0 Å². The van der Waals surface area contributed by atoms with E-state index in [1.54, 1.807) is 6.20 Å². The molecule has 2 aromatic heterocycles. The standard InChI is InChI=1S/C14H19N5O/c1-3-19-8-11(7-15-19)10(2)16-14(20)12-9-18-6-4-5-13(18)17-12/h7-10H,3-6H2,1-2H3,(H,16,20). The molecule has 0 aromatic carbocycles. The zero-order chi connectivity index (χ0) is 14.1. The second-order valence-corrected chi connectivity index (χ2v) is 5.16. The Balaban J connectivity index is 1.68. The first kappa shape index (κ1) is 12.9. The number of rotatable bonds is 4. The van der Waals surface area contributed by atoms with Crippen LogP contribution in [-0.4, -0.2) is 25.2 Å². The van der Waals surface area contributed by atoms with Crippen molar-refractivity contribution in [2.75, 3.05) is 0 Å². The molecule has 1 amide bonds. The van der Waals surface area contributed by atoms with E-state index in [-0.39, 0.29) is 11.9 Å². The van der Waals surface area contributed by atoms with Gasteiger partial charge in [0.15, 0.2) is 0 Å². The number of aryl methyl sites for hydroxylation is 3. The molecule has 1 aliphatic rings. The Bertz CT molecular complexity index is 606. The monoisotopic (exact) mass is 273 g/mol. The van der Waals surface area contributed by atoms with E-state index >= 15 is 0 Å². The number of nitrogens with zero attached hydrogens (tertiary/aromatic N) is 4. The van der Waals surface area contributed by atoms with Gasteiger partial charge in [-0.3, -0.25) is 9.48 Å². The topological polar surface area (TPSA) is 64.7 Å². The van der Waals surface area contributed by atoms with Gasteiger partial charge in [-0.15, -0.1) is 0 Å². The van der Waals surface area contributed by atoms with E-state index in [9.17, 15) is 4.79 Å². The van der Waals surface area contributed by atoms with E-state index in [1.807, 2.05) is 30.9 Å². The van der Waals surface area contributed by atoms with Gasteiger partial charge >= 0.3 is 0 Å². The van der Waals surface area contributed by atoms with Crippen LogP contribution in [0.1, 0.15) is 48.2 Å². The molecule has 1 N–H and O–H groups in total. The average Bonchev–Trinajstić information content (AvgIpc) is 3.13. The Morgan fingerprint density at radius 1 is 1.50 bits per heavy atom. The third-order valence-corrected chi connectivity index (χ3v) is 3.72. The summed E-state index contributed by atoms with van der Waals surface area (Å²) in [5, 5.41) is 7.19. The molecule has 0 spiro atoms. The Kier molecular flexibility index (Phi) is 3.30. The number of hydrogen-bond donors (Lipinski definition) is 1. The van der Waals surface area contributed by atoms with Gasteiger partial charge in [0.25, 0.3) is 5.91 Å². The lowest BCUT2D eigenvalue weighted by Gasteiger charge is -2.10. The maximum Gasteiger partial charge on any atom is 0.271 e. The lowest BCUT2D eigenvalue weighted by Crippen LogP contribution is -2.26. The van der Waals surface area contributed by atoms with Gasteiger partial charge in [0, 0.05) is 37.5 Å². The van der Waals surface area contributed by atoms with E-state index in [1.165, 1.54) is 0 Å². The number of amides is 1. The van der Waals surface area contributed by atoms with Gasteiger partial charge < -0.3 is 9.88 Å². The Morgan fingerprint density at radius 2 is 2.35 bits per heavy atom. The normalized spacial score (nSPS) is 15.1. The van der Waals surface area contributed by atoms with E-state index in [0.717, 1.165) is 37.3 Å². The van der Waals surface area contributed by atoms with Crippen molar-refractivity contribution < 1.29 is 4.79 Å². The van der Waals surface area contributed by atoms with Gasteiger partial charge in [-0.05, 0) is 20.3 Å². The number of carbonyl (C=O) groups excluding carboxylic acids is 1. The summed E-state index contributed by atoms with van der Waals surface area (Å²) in [4.78, 5) is 16.6. The van der Waals surface area contributed by atoms with E-state index in [0.29, 0.717) is 5.69 Å². The number of imidazole rings is 1. The molecular formula is C14H19N5O. The van der Waals surface area contributed by atoms with E-state index in [2.05, 4.69) is 20.0 Å². The van der Waals surface area contributed by atoms with Crippen LogP contribution >= 0.6 is 0 Å². The van der Waals surface area contributed by atoms with Crippen LogP contribution in [0.25, 0.3) is 0 Å². The third-order valence-electron chi connectivity index (χ3n) is 3.72. The molecule has 106 valence electrons. The molecule has 20 heavy (non-hydrogen) atoms. The molecule has 0 radical (unpaired) electrons. The van der Waals surface area contributed by atoms with Crippen molar-refractivity contribution >= 4 is 5.91 Å². The summed E-state index contributed by atoms with van der Waals surface area (Å²) in [6.45, 7) is 5.79. The molecule has 1 aliphatic heterocycles. The van der Waals surface area contributed by atoms with Crippen molar-refractivity contribution in [3.05, 3.63) is 35.7 Å². The summed E-state index contributed by atoms with van der Waals surface area (Å²) in [5.41, 5.74) is 1.52. The van der Waals surface area contributed by atoms with Gasteiger partial charge in [0.2, 0.25) is 0 Å². The van der Waals surface area contributed by atoms with E-state index in [4.69, 9.17) is 0 Å². The second-order valence-electron chi connectivity index (χ2n) is 5.16. The summed E-state index contributed by atoms with van der Waals surface area (Å²) < 4.78 is 3.91. The van der Waals surface area contributed by atoms with Crippen LogP contribution in [0.2, 0.25) is 0 Å². The highest BCUT2D eigenvalue weighted by atomic mass is 16.2. The zero-order valence-corrected chi connectivity index (χ0v) is 11.8. The molecule has 0 saturated carbocycles. The summed E-state index contributed by atoms with van der Waals surface area (Å²) >= 11 is 0. The predicted octanol–water partition coefficient (Wildman–Crippen LogP) is 1.54. The lowest BCUT2D eigenvalue weighted by atomic mass is 10.2. The van der Waals surface area contributed by atoms with Crippen molar-refractivity contribution in [1.82, 2.24) is 24.6 Å². The second kappa shape index (κ2) is 5.11. The van der Waals surface area contributed by atoms with Gasteiger partial charge in [0.05, 0.1) is 12.2 Å². The largest absolute Gasteiger partial charge is 0.344 e. The smallest absolute Gasteiger partial charge is 0.271 e. The van der Waals surface area contributed by atoms with Crippen LogP contribution in [0.15, 0.2) is 18.6 Å². The average molecular weight is 273 g/mol. The highest BCUT2D eigenvalue weighted by Gasteiger charge is 2.19. The molecule has 1 unspecified atom stereocenters.